The van der Waals surface area contributed by atoms with Crippen LogP contribution in [-0.4, -0.2) is 51.1 Å². The smallest absolute Gasteiger partial charge is 0.232 e. The molecule has 1 aromatic heterocycles. The highest BCUT2D eigenvalue weighted by molar-refractivity contribution is 5.59. The van der Waals surface area contributed by atoms with Gasteiger partial charge in [0.15, 0.2) is 0 Å². The topological polar surface area (TPSA) is 103 Å². The first-order valence-electron chi connectivity index (χ1n) is 9.67. The molecule has 0 saturated carbocycles. The second-order valence-corrected chi connectivity index (χ2v) is 7.13. The van der Waals surface area contributed by atoms with Crippen molar-refractivity contribution in [3.8, 4) is 5.75 Å². The summed E-state index contributed by atoms with van der Waals surface area (Å²) in [6, 6.07) is 15.4. The summed E-state index contributed by atoms with van der Waals surface area (Å²) in [7, 11) is 0. The van der Waals surface area contributed by atoms with E-state index in [1.807, 2.05) is 49.4 Å². The summed E-state index contributed by atoms with van der Waals surface area (Å²) >= 11 is 0. The van der Waals surface area contributed by atoms with E-state index in [4.69, 9.17) is 5.73 Å². The second-order valence-electron chi connectivity index (χ2n) is 7.13. The van der Waals surface area contributed by atoms with Crippen LogP contribution in [0, 0.1) is 6.92 Å². The molecule has 2 aromatic carbocycles. The summed E-state index contributed by atoms with van der Waals surface area (Å²) in [6.45, 7) is 5.97. The van der Waals surface area contributed by atoms with E-state index >= 15 is 0 Å². The zero-order valence-electron chi connectivity index (χ0n) is 16.4. The molecule has 0 amide bonds. The van der Waals surface area contributed by atoms with Crippen molar-refractivity contribution in [2.45, 2.75) is 13.5 Å². The van der Waals surface area contributed by atoms with Gasteiger partial charge in [0, 0.05) is 31.9 Å². The Morgan fingerprint density at radius 2 is 1.69 bits per heavy atom. The second kappa shape index (κ2) is 8.32. The quantitative estimate of drug-likeness (QED) is 0.610. The standard InChI is InChI=1S/C21H25N7O/c1-15-6-2-3-7-16(15)23-21-25-19(24-20(22)26-21)14-27-10-12-28(13-11-27)17-8-4-5-9-18(17)29/h2-9,29H,10-14H2,1H3,(H3,22,23,24,25,26). The summed E-state index contributed by atoms with van der Waals surface area (Å²) in [5.41, 5.74) is 8.84. The monoisotopic (exact) mass is 391 g/mol. The molecule has 1 fully saturated rings. The minimum absolute atomic E-state index is 0.207. The van der Waals surface area contributed by atoms with Gasteiger partial charge in [0.05, 0.1) is 12.2 Å². The van der Waals surface area contributed by atoms with Crippen molar-refractivity contribution in [1.82, 2.24) is 19.9 Å². The minimum Gasteiger partial charge on any atom is -0.506 e. The number of aromatic nitrogens is 3. The van der Waals surface area contributed by atoms with Crippen molar-refractivity contribution in [3.63, 3.8) is 0 Å². The van der Waals surface area contributed by atoms with Crippen molar-refractivity contribution < 1.29 is 5.11 Å². The number of benzene rings is 2. The molecule has 150 valence electrons. The number of nitrogen functional groups attached to an aromatic ring is 1. The van der Waals surface area contributed by atoms with E-state index in [9.17, 15) is 5.11 Å². The van der Waals surface area contributed by atoms with Crippen molar-refractivity contribution in [2.24, 2.45) is 0 Å². The zero-order valence-corrected chi connectivity index (χ0v) is 16.4. The van der Waals surface area contributed by atoms with Crippen LogP contribution >= 0.6 is 0 Å². The maximum Gasteiger partial charge on any atom is 0.232 e. The van der Waals surface area contributed by atoms with Gasteiger partial charge in [0.2, 0.25) is 11.9 Å². The van der Waals surface area contributed by atoms with E-state index < -0.39 is 0 Å². The molecular weight excluding hydrogens is 366 g/mol. The van der Waals surface area contributed by atoms with Crippen molar-refractivity contribution in [1.29, 1.82) is 0 Å². The predicted octanol–water partition coefficient (Wildman–Crippen LogP) is 2.53. The molecule has 0 aliphatic carbocycles. The lowest BCUT2D eigenvalue weighted by Gasteiger charge is -2.35. The number of aromatic hydroxyl groups is 1. The third kappa shape index (κ3) is 4.55. The number of hydrogen-bond donors (Lipinski definition) is 3. The zero-order chi connectivity index (χ0) is 20.2. The van der Waals surface area contributed by atoms with E-state index in [2.05, 4.69) is 30.1 Å². The SMILES string of the molecule is Cc1ccccc1Nc1nc(N)nc(CN2CCN(c3ccccc3O)CC2)n1. The lowest BCUT2D eigenvalue weighted by molar-refractivity contribution is 0.243. The average Bonchev–Trinajstić information content (AvgIpc) is 2.70. The van der Waals surface area contributed by atoms with Crippen LogP contribution in [0.4, 0.5) is 23.3 Å². The molecule has 1 saturated heterocycles. The number of nitrogens with one attached hydrogen (secondary N) is 1. The molecule has 0 spiro atoms. The van der Waals surface area contributed by atoms with Gasteiger partial charge in [0.1, 0.15) is 11.6 Å². The van der Waals surface area contributed by atoms with E-state index in [1.165, 1.54) is 0 Å². The Balaban J connectivity index is 1.41. The number of rotatable bonds is 5. The predicted molar refractivity (Wildman–Crippen MR) is 114 cm³/mol. The highest BCUT2D eigenvalue weighted by atomic mass is 16.3. The molecule has 0 unspecified atom stereocenters. The fourth-order valence-corrected chi connectivity index (χ4v) is 3.48. The van der Waals surface area contributed by atoms with Crippen LogP contribution in [0.5, 0.6) is 5.75 Å². The first-order chi connectivity index (χ1) is 14.1. The van der Waals surface area contributed by atoms with Crippen LogP contribution in [0.1, 0.15) is 11.4 Å². The first kappa shape index (κ1) is 18.9. The Kier molecular flexibility index (Phi) is 5.44. The van der Waals surface area contributed by atoms with Crippen molar-refractivity contribution in [3.05, 3.63) is 59.9 Å². The molecule has 3 aromatic rings. The largest absolute Gasteiger partial charge is 0.506 e. The number of aryl methyl sites for hydroxylation is 1. The van der Waals surface area contributed by atoms with Gasteiger partial charge in [-0.05, 0) is 30.7 Å². The molecule has 0 radical (unpaired) electrons. The number of para-hydroxylation sites is 3. The van der Waals surface area contributed by atoms with E-state index in [0.717, 1.165) is 43.1 Å². The molecule has 29 heavy (non-hydrogen) atoms. The molecule has 0 atom stereocenters. The number of phenolic OH excluding ortho intramolecular Hbond substituents is 1. The maximum absolute atomic E-state index is 10.1. The van der Waals surface area contributed by atoms with Gasteiger partial charge in [-0.15, -0.1) is 0 Å². The highest BCUT2D eigenvalue weighted by Gasteiger charge is 2.20. The molecule has 4 rings (SSSR count). The number of nitrogens with two attached hydrogens (primary N) is 1. The Morgan fingerprint density at radius 3 is 2.45 bits per heavy atom. The highest BCUT2D eigenvalue weighted by Crippen LogP contribution is 2.27. The van der Waals surface area contributed by atoms with E-state index in [0.29, 0.717) is 24.1 Å². The molecule has 1 aliphatic heterocycles. The van der Waals surface area contributed by atoms with E-state index in [-0.39, 0.29) is 5.95 Å². The Hall–Kier alpha value is -3.39. The van der Waals surface area contributed by atoms with Gasteiger partial charge in [-0.1, -0.05) is 30.3 Å². The summed E-state index contributed by atoms with van der Waals surface area (Å²) in [5.74, 6) is 1.62. The van der Waals surface area contributed by atoms with Gasteiger partial charge >= 0.3 is 0 Å². The number of nitrogens with zero attached hydrogens (tertiary/aromatic N) is 5. The normalized spacial score (nSPS) is 14.7. The molecule has 8 heteroatoms. The van der Waals surface area contributed by atoms with Crippen LogP contribution < -0.4 is 16.0 Å². The molecular formula is C21H25N7O. The fourth-order valence-electron chi connectivity index (χ4n) is 3.48. The molecule has 4 N–H and O–H groups in total. The average molecular weight is 391 g/mol. The summed E-state index contributed by atoms with van der Waals surface area (Å²) in [6.07, 6.45) is 0. The molecule has 0 bridgehead atoms. The van der Waals surface area contributed by atoms with Gasteiger partial charge < -0.3 is 21.1 Å². The lowest BCUT2D eigenvalue weighted by Crippen LogP contribution is -2.46. The molecule has 2 heterocycles. The minimum atomic E-state index is 0.207. The van der Waals surface area contributed by atoms with Crippen LogP contribution in [0.2, 0.25) is 0 Å². The first-order valence-corrected chi connectivity index (χ1v) is 9.67. The summed E-state index contributed by atoms with van der Waals surface area (Å²) in [5, 5.41) is 13.3. The number of anilines is 4. The Labute approximate surface area is 170 Å². The van der Waals surface area contributed by atoms with Gasteiger partial charge in [0.25, 0.3) is 0 Å². The van der Waals surface area contributed by atoms with E-state index in [1.54, 1.807) is 6.07 Å². The number of hydrogen-bond acceptors (Lipinski definition) is 8. The van der Waals surface area contributed by atoms with Crippen molar-refractivity contribution >= 4 is 23.3 Å². The summed E-state index contributed by atoms with van der Waals surface area (Å²) < 4.78 is 0. The Bertz CT molecular complexity index is 986. The van der Waals surface area contributed by atoms with Gasteiger partial charge in [-0.2, -0.15) is 15.0 Å². The molecule has 8 nitrogen and oxygen atoms in total. The Morgan fingerprint density at radius 1 is 0.966 bits per heavy atom. The van der Waals surface area contributed by atoms with Crippen LogP contribution in [0.15, 0.2) is 48.5 Å². The lowest BCUT2D eigenvalue weighted by atomic mass is 10.2. The third-order valence-electron chi connectivity index (χ3n) is 5.05. The van der Waals surface area contributed by atoms with Crippen LogP contribution in [0.25, 0.3) is 0 Å². The molecule has 1 aliphatic rings. The van der Waals surface area contributed by atoms with Crippen LogP contribution in [0.3, 0.4) is 0 Å². The summed E-state index contributed by atoms with van der Waals surface area (Å²) in [4.78, 5) is 17.5. The number of piperazine rings is 1. The van der Waals surface area contributed by atoms with Gasteiger partial charge in [-0.3, -0.25) is 4.90 Å². The third-order valence-corrected chi connectivity index (χ3v) is 5.05. The number of phenols is 1. The van der Waals surface area contributed by atoms with Crippen LogP contribution in [-0.2, 0) is 6.54 Å². The van der Waals surface area contributed by atoms with Crippen molar-refractivity contribution in [2.75, 3.05) is 42.1 Å². The fraction of sp³-hybridized carbons (Fsp3) is 0.286. The maximum atomic E-state index is 10.1. The van der Waals surface area contributed by atoms with Gasteiger partial charge in [-0.25, -0.2) is 0 Å².